The molecule has 12 heavy (non-hydrogen) atoms. The molecule has 0 amide bonds. The van der Waals surface area contributed by atoms with Crippen LogP contribution in [0.1, 0.15) is 19.3 Å². The Morgan fingerprint density at radius 2 is 2.33 bits per heavy atom. The van der Waals surface area contributed by atoms with E-state index < -0.39 is 0 Å². The molecule has 0 aliphatic carbocycles. The fraction of sp³-hybridized carbons (Fsp3) is 1.00. The van der Waals surface area contributed by atoms with E-state index in [4.69, 9.17) is 10.8 Å². The quantitative estimate of drug-likeness (QED) is 0.618. The number of nitrogens with zero attached hydrogens (tertiary/aromatic N) is 1. The van der Waals surface area contributed by atoms with Crippen LogP contribution in [0.4, 0.5) is 0 Å². The summed E-state index contributed by atoms with van der Waals surface area (Å²) in [5, 5.41) is 8.92. The number of likely N-dealkylation sites (tertiary alicyclic amines) is 1. The van der Waals surface area contributed by atoms with Crippen LogP contribution in [0.3, 0.4) is 0 Å². The maximum atomic E-state index is 8.92. The molecular weight excluding hydrogens is 152 g/mol. The highest BCUT2D eigenvalue weighted by molar-refractivity contribution is 4.77. The first-order valence-electron chi connectivity index (χ1n) is 4.79. The fourth-order valence-electron chi connectivity index (χ4n) is 1.87. The van der Waals surface area contributed by atoms with Gasteiger partial charge in [-0.3, -0.25) is 0 Å². The zero-order chi connectivity index (χ0) is 8.97. The second kappa shape index (κ2) is 4.80. The van der Waals surface area contributed by atoms with Gasteiger partial charge in [0.1, 0.15) is 0 Å². The van der Waals surface area contributed by atoms with Crippen molar-refractivity contribution in [1.82, 2.24) is 4.90 Å². The predicted octanol–water partition coefficient (Wildman–Crippen LogP) is 0.0379. The van der Waals surface area contributed by atoms with E-state index in [0.717, 1.165) is 6.54 Å². The third kappa shape index (κ3) is 2.73. The summed E-state index contributed by atoms with van der Waals surface area (Å²) in [6.07, 6.45) is 3.69. The molecule has 0 saturated carbocycles. The molecule has 1 aliphatic rings. The van der Waals surface area contributed by atoms with Crippen molar-refractivity contribution in [2.24, 2.45) is 11.7 Å². The van der Waals surface area contributed by atoms with E-state index in [1.807, 2.05) is 0 Å². The van der Waals surface area contributed by atoms with E-state index in [1.54, 1.807) is 0 Å². The van der Waals surface area contributed by atoms with Crippen LogP contribution in [0, 0.1) is 5.92 Å². The molecule has 2 unspecified atom stereocenters. The Kier molecular flexibility index (Phi) is 3.98. The van der Waals surface area contributed by atoms with Gasteiger partial charge in [-0.05, 0) is 32.4 Å². The molecule has 0 aromatic carbocycles. The second-order valence-corrected chi connectivity index (χ2v) is 3.86. The van der Waals surface area contributed by atoms with Crippen molar-refractivity contribution in [2.75, 3.05) is 26.7 Å². The summed E-state index contributed by atoms with van der Waals surface area (Å²) in [6, 6.07) is -0.0226. The molecule has 3 N–H and O–H groups in total. The SMILES string of the molecule is CN1CCCCC(C(N)CO)C1. The standard InChI is InChI=1S/C9H20N2O/c1-11-5-3-2-4-8(6-11)9(10)7-12/h8-9,12H,2-7,10H2,1H3. The minimum absolute atomic E-state index is 0.0226. The summed E-state index contributed by atoms with van der Waals surface area (Å²) < 4.78 is 0. The number of aliphatic hydroxyl groups is 1. The van der Waals surface area contributed by atoms with Crippen molar-refractivity contribution in [3.8, 4) is 0 Å². The van der Waals surface area contributed by atoms with Crippen molar-refractivity contribution in [2.45, 2.75) is 25.3 Å². The van der Waals surface area contributed by atoms with Gasteiger partial charge in [0.25, 0.3) is 0 Å². The van der Waals surface area contributed by atoms with Crippen molar-refractivity contribution < 1.29 is 5.11 Å². The number of hydrogen-bond donors (Lipinski definition) is 2. The van der Waals surface area contributed by atoms with Crippen molar-refractivity contribution in [1.29, 1.82) is 0 Å². The van der Waals surface area contributed by atoms with Crippen LogP contribution < -0.4 is 5.73 Å². The smallest absolute Gasteiger partial charge is 0.0585 e. The highest BCUT2D eigenvalue weighted by atomic mass is 16.3. The maximum absolute atomic E-state index is 8.92. The molecular formula is C9H20N2O. The average molecular weight is 172 g/mol. The molecule has 0 aromatic heterocycles. The summed E-state index contributed by atoms with van der Waals surface area (Å²) in [4.78, 5) is 2.31. The Morgan fingerprint density at radius 1 is 1.58 bits per heavy atom. The zero-order valence-corrected chi connectivity index (χ0v) is 7.87. The molecule has 3 heteroatoms. The molecule has 0 spiro atoms. The Labute approximate surface area is 74.5 Å². The highest BCUT2D eigenvalue weighted by Gasteiger charge is 2.20. The average Bonchev–Trinajstić information content (AvgIpc) is 2.28. The molecule has 0 radical (unpaired) electrons. The largest absolute Gasteiger partial charge is 0.395 e. The molecule has 1 fully saturated rings. The van der Waals surface area contributed by atoms with Crippen molar-refractivity contribution in [3.05, 3.63) is 0 Å². The Bertz CT molecular complexity index is 130. The van der Waals surface area contributed by atoms with Crippen LogP contribution in [0.5, 0.6) is 0 Å². The van der Waals surface area contributed by atoms with Gasteiger partial charge >= 0.3 is 0 Å². The van der Waals surface area contributed by atoms with Gasteiger partial charge < -0.3 is 15.7 Å². The number of nitrogens with two attached hydrogens (primary N) is 1. The molecule has 0 bridgehead atoms. The van der Waals surface area contributed by atoms with Gasteiger partial charge in [-0.25, -0.2) is 0 Å². The lowest BCUT2D eigenvalue weighted by atomic mass is 9.96. The number of rotatable bonds is 2. The van der Waals surface area contributed by atoms with E-state index in [-0.39, 0.29) is 12.6 Å². The molecule has 1 aliphatic heterocycles. The van der Waals surface area contributed by atoms with Gasteiger partial charge in [0, 0.05) is 12.6 Å². The van der Waals surface area contributed by atoms with E-state index >= 15 is 0 Å². The van der Waals surface area contributed by atoms with Gasteiger partial charge in [-0.15, -0.1) is 0 Å². The maximum Gasteiger partial charge on any atom is 0.0585 e. The first-order chi connectivity index (χ1) is 5.74. The Hall–Kier alpha value is -0.120. The van der Waals surface area contributed by atoms with E-state index in [2.05, 4.69) is 11.9 Å². The van der Waals surface area contributed by atoms with Gasteiger partial charge in [-0.2, -0.15) is 0 Å². The van der Waals surface area contributed by atoms with E-state index in [9.17, 15) is 0 Å². The van der Waals surface area contributed by atoms with Gasteiger partial charge in [0.15, 0.2) is 0 Å². The summed E-state index contributed by atoms with van der Waals surface area (Å²) in [7, 11) is 2.13. The van der Waals surface area contributed by atoms with E-state index in [1.165, 1.54) is 25.8 Å². The third-order valence-electron chi connectivity index (χ3n) is 2.73. The molecule has 0 aromatic rings. The molecule has 3 nitrogen and oxygen atoms in total. The highest BCUT2D eigenvalue weighted by Crippen LogP contribution is 2.17. The first kappa shape index (κ1) is 9.96. The Balaban J connectivity index is 2.40. The summed E-state index contributed by atoms with van der Waals surface area (Å²) in [5.41, 5.74) is 5.80. The second-order valence-electron chi connectivity index (χ2n) is 3.86. The van der Waals surface area contributed by atoms with Crippen molar-refractivity contribution in [3.63, 3.8) is 0 Å². The lowest BCUT2D eigenvalue weighted by Crippen LogP contribution is -2.39. The van der Waals surface area contributed by atoms with Gasteiger partial charge in [0.2, 0.25) is 0 Å². The van der Waals surface area contributed by atoms with Gasteiger partial charge in [0.05, 0.1) is 6.61 Å². The summed E-state index contributed by atoms with van der Waals surface area (Å²) >= 11 is 0. The van der Waals surface area contributed by atoms with Crippen LogP contribution in [0.15, 0.2) is 0 Å². The van der Waals surface area contributed by atoms with E-state index in [0.29, 0.717) is 5.92 Å². The summed E-state index contributed by atoms with van der Waals surface area (Å²) in [6.45, 7) is 2.34. The monoisotopic (exact) mass is 172 g/mol. The molecule has 1 rings (SSSR count). The lowest BCUT2D eigenvalue weighted by molar-refractivity contribution is 0.196. The lowest BCUT2D eigenvalue weighted by Gasteiger charge is -2.23. The number of hydrogen-bond acceptors (Lipinski definition) is 3. The fourth-order valence-corrected chi connectivity index (χ4v) is 1.87. The van der Waals surface area contributed by atoms with Crippen LogP contribution in [0.25, 0.3) is 0 Å². The minimum Gasteiger partial charge on any atom is -0.395 e. The van der Waals surface area contributed by atoms with Crippen LogP contribution in [0.2, 0.25) is 0 Å². The number of aliphatic hydroxyl groups excluding tert-OH is 1. The van der Waals surface area contributed by atoms with Crippen LogP contribution in [-0.2, 0) is 0 Å². The molecule has 2 atom stereocenters. The first-order valence-corrected chi connectivity index (χ1v) is 4.79. The molecule has 1 saturated heterocycles. The van der Waals surface area contributed by atoms with Crippen molar-refractivity contribution >= 4 is 0 Å². The minimum atomic E-state index is -0.0226. The molecule has 72 valence electrons. The van der Waals surface area contributed by atoms with Crippen LogP contribution in [-0.4, -0.2) is 42.8 Å². The zero-order valence-electron chi connectivity index (χ0n) is 7.87. The molecule has 1 heterocycles. The normalized spacial score (nSPS) is 29.8. The summed E-state index contributed by atoms with van der Waals surface area (Å²) in [5.74, 6) is 0.488. The van der Waals surface area contributed by atoms with Crippen LogP contribution >= 0.6 is 0 Å². The topological polar surface area (TPSA) is 49.5 Å². The third-order valence-corrected chi connectivity index (χ3v) is 2.73. The van der Waals surface area contributed by atoms with Gasteiger partial charge in [-0.1, -0.05) is 6.42 Å². The predicted molar refractivity (Wildman–Crippen MR) is 49.9 cm³/mol. The Morgan fingerprint density at radius 3 is 3.00 bits per heavy atom.